The lowest BCUT2D eigenvalue weighted by molar-refractivity contribution is -0.148. The predicted molar refractivity (Wildman–Crippen MR) is 85.2 cm³/mol. The quantitative estimate of drug-likeness (QED) is 0.851. The Balaban J connectivity index is 1.39. The Bertz CT molecular complexity index is 654. The molecule has 1 saturated carbocycles. The third-order valence-corrected chi connectivity index (χ3v) is 5.61. The van der Waals surface area contributed by atoms with Crippen molar-refractivity contribution in [2.24, 2.45) is 5.92 Å². The molecule has 1 aromatic heterocycles. The van der Waals surface area contributed by atoms with Gasteiger partial charge in [0.1, 0.15) is 17.7 Å². The van der Waals surface area contributed by atoms with E-state index in [1.807, 2.05) is 24.3 Å². The number of benzene rings is 1. The third kappa shape index (κ3) is 2.62. The van der Waals surface area contributed by atoms with Crippen LogP contribution in [0.1, 0.15) is 30.7 Å². The van der Waals surface area contributed by atoms with Gasteiger partial charge >= 0.3 is 5.97 Å². The van der Waals surface area contributed by atoms with Gasteiger partial charge in [0.2, 0.25) is 0 Å². The lowest BCUT2D eigenvalue weighted by Gasteiger charge is -2.26. The highest BCUT2D eigenvalue weighted by molar-refractivity contribution is 7.18. The van der Waals surface area contributed by atoms with Crippen LogP contribution in [0.5, 0.6) is 0 Å². The number of carbonyl (C=O) groups is 1. The minimum Gasteiger partial charge on any atom is -0.457 e. The first-order valence-corrected chi connectivity index (χ1v) is 8.65. The Labute approximate surface area is 133 Å². The fourth-order valence-electron chi connectivity index (χ4n) is 3.48. The predicted octanol–water partition coefficient (Wildman–Crippen LogP) is 2.37. The molecule has 0 amide bonds. The van der Waals surface area contributed by atoms with Gasteiger partial charge in [-0.2, -0.15) is 0 Å². The summed E-state index contributed by atoms with van der Waals surface area (Å²) in [5.41, 5.74) is 7.33. The number of hydrogen-bond acceptors (Lipinski definition) is 6. The maximum absolute atomic E-state index is 12.3. The molecule has 22 heavy (non-hydrogen) atoms. The number of ether oxygens (including phenoxy) is 1. The number of fused-ring (bicyclic) bond motifs is 2. The molecule has 0 bridgehead atoms. The first-order valence-electron chi connectivity index (χ1n) is 7.83. The fraction of sp³-hybridized carbons (Fsp3) is 0.500. The fourth-order valence-corrected chi connectivity index (χ4v) is 4.36. The summed E-state index contributed by atoms with van der Waals surface area (Å²) in [5, 5.41) is 0.848. The highest BCUT2D eigenvalue weighted by Crippen LogP contribution is 2.31. The van der Waals surface area contributed by atoms with Gasteiger partial charge in [-0.15, -0.1) is 11.3 Å². The Morgan fingerprint density at radius 1 is 1.27 bits per heavy atom. The SMILES string of the molecule is O=C(OCc1nc2ccccc2s1)C1NNC2CCCCC21. The molecule has 1 aliphatic carbocycles. The molecule has 3 unspecified atom stereocenters. The Kier molecular flexibility index (Phi) is 3.82. The second-order valence-electron chi connectivity index (χ2n) is 6.00. The molecule has 2 N–H and O–H groups in total. The maximum Gasteiger partial charge on any atom is 0.325 e. The van der Waals surface area contributed by atoms with Crippen LogP contribution in [0.15, 0.2) is 24.3 Å². The largest absolute Gasteiger partial charge is 0.457 e. The molecule has 5 nitrogen and oxygen atoms in total. The number of hydrogen-bond donors (Lipinski definition) is 2. The van der Waals surface area contributed by atoms with Crippen molar-refractivity contribution >= 4 is 27.5 Å². The molecule has 2 fully saturated rings. The van der Waals surface area contributed by atoms with Gasteiger partial charge < -0.3 is 4.74 Å². The lowest BCUT2D eigenvalue weighted by Crippen LogP contribution is -2.39. The van der Waals surface area contributed by atoms with E-state index in [4.69, 9.17) is 4.74 Å². The zero-order valence-corrected chi connectivity index (χ0v) is 13.1. The number of nitrogens with zero attached hydrogens (tertiary/aromatic N) is 1. The zero-order valence-electron chi connectivity index (χ0n) is 12.2. The van der Waals surface area contributed by atoms with Gasteiger partial charge in [-0.1, -0.05) is 25.0 Å². The summed E-state index contributed by atoms with van der Waals surface area (Å²) in [4.78, 5) is 16.8. The first-order chi connectivity index (χ1) is 10.8. The van der Waals surface area contributed by atoms with Crippen LogP contribution in [0.3, 0.4) is 0 Å². The van der Waals surface area contributed by atoms with E-state index in [1.165, 1.54) is 12.8 Å². The molecule has 0 radical (unpaired) electrons. The zero-order chi connectivity index (χ0) is 14.9. The van der Waals surface area contributed by atoms with Crippen molar-refractivity contribution in [2.75, 3.05) is 0 Å². The molecule has 1 aliphatic heterocycles. The smallest absolute Gasteiger partial charge is 0.325 e. The topological polar surface area (TPSA) is 63.2 Å². The first kappa shape index (κ1) is 14.1. The van der Waals surface area contributed by atoms with E-state index in [0.29, 0.717) is 12.0 Å². The molecule has 3 atom stereocenters. The molecule has 4 rings (SSSR count). The van der Waals surface area contributed by atoms with Crippen LogP contribution in [-0.2, 0) is 16.1 Å². The normalized spacial score (nSPS) is 27.7. The van der Waals surface area contributed by atoms with Gasteiger partial charge in [0, 0.05) is 12.0 Å². The van der Waals surface area contributed by atoms with Gasteiger partial charge in [-0.25, -0.2) is 10.4 Å². The molecule has 2 aliphatic rings. The number of hydrazine groups is 1. The van der Waals surface area contributed by atoms with Gasteiger partial charge in [0.15, 0.2) is 0 Å². The Morgan fingerprint density at radius 2 is 2.14 bits per heavy atom. The molecule has 1 saturated heterocycles. The van der Waals surface area contributed by atoms with Gasteiger partial charge in [0.05, 0.1) is 10.2 Å². The lowest BCUT2D eigenvalue weighted by atomic mass is 9.82. The molecule has 6 heteroatoms. The van der Waals surface area contributed by atoms with E-state index in [9.17, 15) is 4.79 Å². The molecule has 2 aromatic rings. The van der Waals surface area contributed by atoms with Crippen molar-refractivity contribution in [3.8, 4) is 0 Å². The van der Waals surface area contributed by atoms with Crippen LogP contribution in [0.2, 0.25) is 0 Å². The van der Waals surface area contributed by atoms with Crippen molar-refractivity contribution in [3.63, 3.8) is 0 Å². The average molecular weight is 317 g/mol. The molecular formula is C16H19N3O2S. The standard InChI is InChI=1S/C16H19N3O2S/c20-16(15-10-5-1-2-6-11(10)18-19-15)21-9-14-17-12-7-3-4-8-13(12)22-14/h3-4,7-8,10-11,15,18-19H,1-2,5-6,9H2. The van der Waals surface area contributed by atoms with Gasteiger partial charge in [-0.05, 0) is 25.0 Å². The number of nitrogens with one attached hydrogen (secondary N) is 2. The molecule has 0 spiro atoms. The van der Waals surface area contributed by atoms with Crippen molar-refractivity contribution in [2.45, 2.75) is 44.4 Å². The van der Waals surface area contributed by atoms with Crippen molar-refractivity contribution in [1.29, 1.82) is 0 Å². The van der Waals surface area contributed by atoms with Crippen molar-refractivity contribution in [1.82, 2.24) is 15.8 Å². The van der Waals surface area contributed by atoms with Gasteiger partial charge in [0.25, 0.3) is 0 Å². The monoisotopic (exact) mass is 317 g/mol. The van der Waals surface area contributed by atoms with E-state index in [-0.39, 0.29) is 18.6 Å². The summed E-state index contributed by atoms with van der Waals surface area (Å²) in [5.74, 6) is 0.192. The van der Waals surface area contributed by atoms with Crippen LogP contribution in [0.4, 0.5) is 0 Å². The van der Waals surface area contributed by atoms with E-state index < -0.39 is 0 Å². The van der Waals surface area contributed by atoms with Crippen LogP contribution in [0.25, 0.3) is 10.2 Å². The number of aromatic nitrogens is 1. The Morgan fingerprint density at radius 3 is 3.05 bits per heavy atom. The van der Waals surface area contributed by atoms with Crippen LogP contribution in [0, 0.1) is 5.92 Å². The van der Waals surface area contributed by atoms with Crippen LogP contribution >= 0.6 is 11.3 Å². The van der Waals surface area contributed by atoms with Crippen LogP contribution < -0.4 is 10.9 Å². The molecule has 2 heterocycles. The summed E-state index contributed by atoms with van der Waals surface area (Å²) in [6.07, 6.45) is 4.67. The summed E-state index contributed by atoms with van der Waals surface area (Å²) in [6, 6.07) is 8.16. The second kappa shape index (κ2) is 5.95. The third-order valence-electron chi connectivity index (χ3n) is 4.60. The number of esters is 1. The van der Waals surface area contributed by atoms with E-state index in [0.717, 1.165) is 28.1 Å². The van der Waals surface area contributed by atoms with E-state index >= 15 is 0 Å². The molecule has 1 aromatic carbocycles. The molecular weight excluding hydrogens is 298 g/mol. The summed E-state index contributed by atoms with van der Waals surface area (Å²) in [7, 11) is 0. The number of thiazole rings is 1. The van der Waals surface area contributed by atoms with Crippen molar-refractivity contribution < 1.29 is 9.53 Å². The van der Waals surface area contributed by atoms with E-state index in [2.05, 4.69) is 15.8 Å². The highest BCUT2D eigenvalue weighted by Gasteiger charge is 2.41. The molecule has 116 valence electrons. The average Bonchev–Trinajstić information content (AvgIpc) is 3.16. The summed E-state index contributed by atoms with van der Waals surface area (Å²) in [6.45, 7) is 0.258. The van der Waals surface area contributed by atoms with E-state index in [1.54, 1.807) is 11.3 Å². The second-order valence-corrected chi connectivity index (χ2v) is 7.12. The van der Waals surface area contributed by atoms with Crippen molar-refractivity contribution in [3.05, 3.63) is 29.3 Å². The highest BCUT2D eigenvalue weighted by atomic mass is 32.1. The Hall–Kier alpha value is -1.50. The minimum absolute atomic E-state index is 0.166. The maximum atomic E-state index is 12.3. The summed E-state index contributed by atoms with van der Waals surface area (Å²) >= 11 is 1.58. The van der Waals surface area contributed by atoms with Crippen LogP contribution in [-0.4, -0.2) is 23.0 Å². The number of carbonyl (C=O) groups excluding carboxylic acids is 1. The number of para-hydroxylation sites is 1. The minimum atomic E-state index is -0.223. The number of rotatable bonds is 3. The van der Waals surface area contributed by atoms with Gasteiger partial charge in [-0.3, -0.25) is 10.2 Å². The summed E-state index contributed by atoms with van der Waals surface area (Å²) < 4.78 is 6.62.